The minimum absolute atomic E-state index is 0.0180. The maximum atomic E-state index is 11.8. The number of nitrogens with zero attached hydrogens (tertiary/aromatic N) is 2. The summed E-state index contributed by atoms with van der Waals surface area (Å²) in [6.07, 6.45) is 2.56. The molecule has 2 unspecified atom stereocenters. The first-order valence-electron chi connectivity index (χ1n) is 4.98. The van der Waals surface area contributed by atoms with Gasteiger partial charge in [0.2, 0.25) is 10.0 Å². The SMILES string of the molecule is CC(NS(=O)(=O)c1cnn(C)c1)C(C)C(=O)O. The molecule has 0 aliphatic rings. The molecule has 96 valence electrons. The zero-order valence-electron chi connectivity index (χ0n) is 9.78. The molecule has 0 radical (unpaired) electrons. The quantitative estimate of drug-likeness (QED) is 0.764. The van der Waals surface area contributed by atoms with Gasteiger partial charge in [0.15, 0.2) is 0 Å². The molecule has 1 aromatic rings. The van der Waals surface area contributed by atoms with E-state index in [-0.39, 0.29) is 4.90 Å². The Morgan fingerprint density at radius 1 is 1.53 bits per heavy atom. The van der Waals surface area contributed by atoms with Gasteiger partial charge in [0.25, 0.3) is 0 Å². The molecule has 0 aliphatic heterocycles. The second kappa shape index (κ2) is 4.84. The van der Waals surface area contributed by atoms with Gasteiger partial charge in [-0.1, -0.05) is 6.92 Å². The predicted molar refractivity (Wildman–Crippen MR) is 59.8 cm³/mol. The van der Waals surface area contributed by atoms with Crippen molar-refractivity contribution < 1.29 is 18.3 Å². The van der Waals surface area contributed by atoms with Crippen molar-refractivity contribution >= 4 is 16.0 Å². The number of hydrogen-bond acceptors (Lipinski definition) is 4. The van der Waals surface area contributed by atoms with Crippen molar-refractivity contribution in [1.29, 1.82) is 0 Å². The van der Waals surface area contributed by atoms with Crippen LogP contribution >= 0.6 is 0 Å². The van der Waals surface area contributed by atoms with E-state index < -0.39 is 28.0 Å². The fourth-order valence-electron chi connectivity index (χ4n) is 1.17. The summed E-state index contributed by atoms with van der Waals surface area (Å²) in [5.74, 6) is -1.85. The van der Waals surface area contributed by atoms with E-state index in [0.29, 0.717) is 0 Å². The number of sulfonamides is 1. The van der Waals surface area contributed by atoms with Crippen molar-refractivity contribution in [3.63, 3.8) is 0 Å². The predicted octanol–water partition coefficient (Wildman–Crippen LogP) is -0.192. The lowest BCUT2D eigenvalue weighted by Crippen LogP contribution is -2.39. The van der Waals surface area contributed by atoms with E-state index in [0.717, 1.165) is 0 Å². The number of carboxylic acids is 1. The summed E-state index contributed by atoms with van der Waals surface area (Å²) >= 11 is 0. The van der Waals surface area contributed by atoms with Gasteiger partial charge in [-0.25, -0.2) is 13.1 Å². The van der Waals surface area contributed by atoms with Crippen LogP contribution in [0.2, 0.25) is 0 Å². The molecule has 1 aromatic heterocycles. The Kier molecular flexibility index (Phi) is 3.89. The summed E-state index contributed by atoms with van der Waals surface area (Å²) in [7, 11) is -2.11. The Bertz CT molecular complexity index is 508. The Balaban J connectivity index is 2.84. The van der Waals surface area contributed by atoms with Crippen molar-refractivity contribution in [3.8, 4) is 0 Å². The van der Waals surface area contributed by atoms with Gasteiger partial charge < -0.3 is 5.11 Å². The van der Waals surface area contributed by atoms with Gasteiger partial charge >= 0.3 is 5.97 Å². The van der Waals surface area contributed by atoms with Gasteiger partial charge in [-0.15, -0.1) is 0 Å². The summed E-state index contributed by atoms with van der Waals surface area (Å²) in [4.78, 5) is 10.7. The molecule has 2 atom stereocenters. The Hall–Kier alpha value is -1.41. The van der Waals surface area contributed by atoms with Gasteiger partial charge in [0.05, 0.1) is 12.1 Å². The third kappa shape index (κ3) is 3.27. The second-order valence-corrected chi connectivity index (χ2v) is 5.60. The van der Waals surface area contributed by atoms with Crippen LogP contribution in [0.25, 0.3) is 0 Å². The minimum atomic E-state index is -3.71. The van der Waals surface area contributed by atoms with E-state index in [1.807, 2.05) is 0 Å². The molecule has 0 bridgehead atoms. The summed E-state index contributed by atoms with van der Waals surface area (Å²) < 4.78 is 27.3. The van der Waals surface area contributed by atoms with Crippen LogP contribution in [0.15, 0.2) is 17.3 Å². The molecule has 1 heterocycles. The zero-order valence-corrected chi connectivity index (χ0v) is 10.6. The third-order valence-electron chi connectivity index (χ3n) is 2.47. The zero-order chi connectivity index (χ0) is 13.2. The summed E-state index contributed by atoms with van der Waals surface area (Å²) in [6, 6.07) is -0.697. The second-order valence-electron chi connectivity index (χ2n) is 3.89. The maximum absolute atomic E-state index is 11.8. The van der Waals surface area contributed by atoms with E-state index >= 15 is 0 Å². The lowest BCUT2D eigenvalue weighted by Gasteiger charge is -2.16. The fourth-order valence-corrected chi connectivity index (χ4v) is 2.47. The molecule has 0 saturated heterocycles. The molecule has 2 N–H and O–H groups in total. The maximum Gasteiger partial charge on any atom is 0.307 e. The summed E-state index contributed by atoms with van der Waals surface area (Å²) in [5.41, 5.74) is 0. The molecule has 0 aromatic carbocycles. The normalized spacial score (nSPS) is 15.5. The number of aryl methyl sites for hydroxylation is 1. The number of carbonyl (C=O) groups is 1. The lowest BCUT2D eigenvalue weighted by atomic mass is 10.1. The largest absolute Gasteiger partial charge is 0.481 e. The van der Waals surface area contributed by atoms with Crippen molar-refractivity contribution in [2.75, 3.05) is 0 Å². The van der Waals surface area contributed by atoms with Gasteiger partial charge in [-0.05, 0) is 6.92 Å². The highest BCUT2D eigenvalue weighted by Gasteiger charge is 2.25. The molecule has 0 amide bonds. The minimum Gasteiger partial charge on any atom is -0.481 e. The number of carboxylic acid groups (broad SMARTS) is 1. The van der Waals surface area contributed by atoms with Gasteiger partial charge in [-0.2, -0.15) is 5.10 Å². The molecule has 0 spiro atoms. The molecule has 8 heteroatoms. The molecule has 0 fully saturated rings. The summed E-state index contributed by atoms with van der Waals surface area (Å²) in [6.45, 7) is 2.95. The topological polar surface area (TPSA) is 101 Å². The number of aromatic nitrogens is 2. The van der Waals surface area contributed by atoms with Crippen molar-refractivity contribution in [2.24, 2.45) is 13.0 Å². The third-order valence-corrected chi connectivity index (χ3v) is 3.99. The van der Waals surface area contributed by atoms with Crippen LogP contribution in [0.5, 0.6) is 0 Å². The molecular formula is C9H15N3O4S. The van der Waals surface area contributed by atoms with Crippen LogP contribution in [-0.4, -0.2) is 35.3 Å². The van der Waals surface area contributed by atoms with E-state index in [1.54, 1.807) is 7.05 Å². The molecule has 17 heavy (non-hydrogen) atoms. The molecule has 0 aliphatic carbocycles. The van der Waals surface area contributed by atoms with E-state index in [1.165, 1.54) is 30.9 Å². The van der Waals surface area contributed by atoms with Crippen LogP contribution in [0.4, 0.5) is 0 Å². The van der Waals surface area contributed by atoms with Crippen molar-refractivity contribution in [1.82, 2.24) is 14.5 Å². The van der Waals surface area contributed by atoms with E-state index in [2.05, 4.69) is 9.82 Å². The average Bonchev–Trinajstić information content (AvgIpc) is 2.63. The Labute approximate surface area is 99.5 Å². The highest BCUT2D eigenvalue weighted by Crippen LogP contribution is 2.10. The molecular weight excluding hydrogens is 246 g/mol. The summed E-state index contributed by atoms with van der Waals surface area (Å²) in [5, 5.41) is 12.5. The van der Waals surface area contributed by atoms with Crippen molar-refractivity contribution in [2.45, 2.75) is 24.8 Å². The smallest absolute Gasteiger partial charge is 0.307 e. The number of aliphatic carboxylic acids is 1. The fraction of sp³-hybridized carbons (Fsp3) is 0.556. The van der Waals surface area contributed by atoms with Crippen LogP contribution in [0.1, 0.15) is 13.8 Å². The van der Waals surface area contributed by atoms with Crippen LogP contribution in [0, 0.1) is 5.92 Å². The molecule has 0 saturated carbocycles. The standard InChI is InChI=1S/C9H15N3O4S/c1-6(9(13)14)7(2)11-17(15,16)8-4-10-12(3)5-8/h4-7,11H,1-3H3,(H,13,14). The highest BCUT2D eigenvalue weighted by atomic mass is 32.2. The number of hydrogen-bond donors (Lipinski definition) is 2. The number of nitrogens with one attached hydrogen (secondary N) is 1. The first-order chi connectivity index (χ1) is 7.74. The van der Waals surface area contributed by atoms with Gasteiger partial charge in [-0.3, -0.25) is 9.48 Å². The first-order valence-corrected chi connectivity index (χ1v) is 6.46. The molecule has 7 nitrogen and oxygen atoms in total. The number of rotatable bonds is 5. The Morgan fingerprint density at radius 2 is 2.12 bits per heavy atom. The van der Waals surface area contributed by atoms with Gasteiger partial charge in [0.1, 0.15) is 4.90 Å². The monoisotopic (exact) mass is 261 g/mol. The van der Waals surface area contributed by atoms with Crippen LogP contribution in [0.3, 0.4) is 0 Å². The lowest BCUT2D eigenvalue weighted by molar-refractivity contribution is -0.141. The van der Waals surface area contributed by atoms with Crippen molar-refractivity contribution in [3.05, 3.63) is 12.4 Å². The van der Waals surface area contributed by atoms with Crippen LogP contribution in [-0.2, 0) is 21.9 Å². The van der Waals surface area contributed by atoms with E-state index in [9.17, 15) is 13.2 Å². The highest BCUT2D eigenvalue weighted by molar-refractivity contribution is 7.89. The van der Waals surface area contributed by atoms with Crippen LogP contribution < -0.4 is 4.72 Å². The molecule has 1 rings (SSSR count). The Morgan fingerprint density at radius 3 is 2.53 bits per heavy atom. The van der Waals surface area contributed by atoms with Gasteiger partial charge in [0, 0.05) is 19.3 Å². The average molecular weight is 261 g/mol. The first kappa shape index (κ1) is 13.7. The van der Waals surface area contributed by atoms with E-state index in [4.69, 9.17) is 5.11 Å².